The van der Waals surface area contributed by atoms with Gasteiger partial charge in [-0.15, -0.1) is 0 Å². The average Bonchev–Trinajstić information content (AvgIpc) is 2.19. The standard InChI is InChI=1S/C12H17NO2/c1-8-4-5-10(6-9(8)2)7-11(13-3)12(14)15/h4-6,11,13H,7H2,1-3H3,(H,14,15). The van der Waals surface area contributed by atoms with Crippen LogP contribution < -0.4 is 5.32 Å². The molecule has 15 heavy (non-hydrogen) atoms. The van der Waals surface area contributed by atoms with Crippen LogP contribution >= 0.6 is 0 Å². The number of carboxylic acids is 1. The maximum atomic E-state index is 10.8. The molecule has 1 aromatic carbocycles. The summed E-state index contributed by atoms with van der Waals surface area (Å²) in [7, 11) is 1.67. The highest BCUT2D eigenvalue weighted by Crippen LogP contribution is 2.11. The van der Waals surface area contributed by atoms with E-state index in [9.17, 15) is 4.79 Å². The monoisotopic (exact) mass is 207 g/mol. The number of aliphatic carboxylic acids is 1. The second kappa shape index (κ2) is 4.94. The molecule has 0 aromatic heterocycles. The van der Waals surface area contributed by atoms with Crippen molar-refractivity contribution >= 4 is 5.97 Å². The van der Waals surface area contributed by atoms with Gasteiger partial charge in [0.25, 0.3) is 0 Å². The normalized spacial score (nSPS) is 12.5. The van der Waals surface area contributed by atoms with Gasteiger partial charge in [0, 0.05) is 0 Å². The third-order valence-corrected chi connectivity index (χ3v) is 2.66. The summed E-state index contributed by atoms with van der Waals surface area (Å²) in [6, 6.07) is 5.55. The molecule has 0 aliphatic rings. The van der Waals surface area contributed by atoms with Crippen molar-refractivity contribution in [2.24, 2.45) is 0 Å². The van der Waals surface area contributed by atoms with Crippen LogP contribution in [0.25, 0.3) is 0 Å². The molecule has 0 saturated heterocycles. The molecular formula is C12H17NO2. The van der Waals surface area contributed by atoms with E-state index in [-0.39, 0.29) is 0 Å². The van der Waals surface area contributed by atoms with E-state index in [0.29, 0.717) is 6.42 Å². The van der Waals surface area contributed by atoms with E-state index in [1.807, 2.05) is 32.0 Å². The summed E-state index contributed by atoms with van der Waals surface area (Å²) in [6.45, 7) is 4.08. The molecule has 0 fully saturated rings. The van der Waals surface area contributed by atoms with Crippen molar-refractivity contribution in [2.75, 3.05) is 7.05 Å². The lowest BCUT2D eigenvalue weighted by atomic mass is 10.0. The average molecular weight is 207 g/mol. The van der Waals surface area contributed by atoms with Crippen LogP contribution in [0.15, 0.2) is 18.2 Å². The van der Waals surface area contributed by atoms with Gasteiger partial charge < -0.3 is 10.4 Å². The smallest absolute Gasteiger partial charge is 0.321 e. The maximum Gasteiger partial charge on any atom is 0.321 e. The first-order valence-electron chi connectivity index (χ1n) is 5.00. The van der Waals surface area contributed by atoms with Crippen LogP contribution in [0, 0.1) is 13.8 Å². The molecule has 82 valence electrons. The minimum atomic E-state index is -0.810. The number of rotatable bonds is 4. The van der Waals surface area contributed by atoms with E-state index in [2.05, 4.69) is 5.32 Å². The van der Waals surface area contributed by atoms with Crippen molar-refractivity contribution < 1.29 is 9.90 Å². The first kappa shape index (κ1) is 11.7. The molecule has 0 radical (unpaired) electrons. The minimum absolute atomic E-state index is 0.507. The van der Waals surface area contributed by atoms with E-state index in [4.69, 9.17) is 5.11 Å². The number of hydrogen-bond donors (Lipinski definition) is 2. The molecule has 3 heteroatoms. The molecule has 0 aliphatic carbocycles. The lowest BCUT2D eigenvalue weighted by molar-refractivity contribution is -0.139. The predicted octanol–water partition coefficient (Wildman–Crippen LogP) is 1.52. The van der Waals surface area contributed by atoms with Gasteiger partial charge >= 0.3 is 5.97 Å². The van der Waals surface area contributed by atoms with Crippen LogP contribution in [0.3, 0.4) is 0 Å². The SMILES string of the molecule is CNC(Cc1ccc(C)c(C)c1)C(=O)O. The summed E-state index contributed by atoms with van der Waals surface area (Å²) in [6.07, 6.45) is 0.521. The zero-order valence-electron chi connectivity index (χ0n) is 9.37. The van der Waals surface area contributed by atoms with Crippen LogP contribution in [0.1, 0.15) is 16.7 Å². The van der Waals surface area contributed by atoms with E-state index in [0.717, 1.165) is 5.56 Å². The van der Waals surface area contributed by atoms with Crippen molar-refractivity contribution in [3.05, 3.63) is 34.9 Å². The third-order valence-electron chi connectivity index (χ3n) is 2.66. The van der Waals surface area contributed by atoms with Gasteiger partial charge in [0.05, 0.1) is 0 Å². The molecule has 1 unspecified atom stereocenters. The third kappa shape index (κ3) is 3.06. The molecule has 1 aromatic rings. The molecule has 1 rings (SSSR count). The topological polar surface area (TPSA) is 49.3 Å². The zero-order valence-corrected chi connectivity index (χ0v) is 9.37. The van der Waals surface area contributed by atoms with Crippen LogP contribution in [-0.4, -0.2) is 24.2 Å². The number of carboxylic acid groups (broad SMARTS) is 1. The van der Waals surface area contributed by atoms with Crippen molar-refractivity contribution in [2.45, 2.75) is 26.3 Å². The Balaban J connectivity index is 2.80. The highest BCUT2D eigenvalue weighted by atomic mass is 16.4. The summed E-state index contributed by atoms with van der Waals surface area (Å²) in [4.78, 5) is 10.8. The van der Waals surface area contributed by atoms with E-state index in [1.165, 1.54) is 11.1 Å². The van der Waals surface area contributed by atoms with Gasteiger partial charge in [0.2, 0.25) is 0 Å². The van der Waals surface area contributed by atoms with E-state index in [1.54, 1.807) is 7.05 Å². The Morgan fingerprint density at radius 1 is 1.40 bits per heavy atom. The largest absolute Gasteiger partial charge is 0.480 e. The van der Waals surface area contributed by atoms with E-state index >= 15 is 0 Å². The summed E-state index contributed by atoms with van der Waals surface area (Å²) in [5.74, 6) is -0.810. The molecule has 0 aliphatic heterocycles. The zero-order chi connectivity index (χ0) is 11.4. The fourth-order valence-electron chi connectivity index (χ4n) is 1.48. The number of benzene rings is 1. The van der Waals surface area contributed by atoms with Crippen molar-refractivity contribution in [3.8, 4) is 0 Å². The number of aryl methyl sites for hydroxylation is 2. The predicted molar refractivity (Wildman–Crippen MR) is 60.1 cm³/mol. The Morgan fingerprint density at radius 2 is 2.07 bits per heavy atom. The second-order valence-corrected chi connectivity index (χ2v) is 3.80. The fourth-order valence-corrected chi connectivity index (χ4v) is 1.48. The van der Waals surface area contributed by atoms with Gasteiger partial charge in [0.1, 0.15) is 6.04 Å². The van der Waals surface area contributed by atoms with Gasteiger partial charge in [-0.05, 0) is 44.0 Å². The Kier molecular flexibility index (Phi) is 3.86. The van der Waals surface area contributed by atoms with Crippen molar-refractivity contribution in [1.29, 1.82) is 0 Å². The quantitative estimate of drug-likeness (QED) is 0.787. The van der Waals surface area contributed by atoms with Gasteiger partial charge in [-0.3, -0.25) is 4.79 Å². The molecule has 0 amide bonds. The van der Waals surface area contributed by atoms with Crippen molar-refractivity contribution in [3.63, 3.8) is 0 Å². The number of nitrogens with one attached hydrogen (secondary N) is 1. The Hall–Kier alpha value is -1.35. The molecule has 0 saturated carbocycles. The number of carbonyl (C=O) groups is 1. The van der Waals surface area contributed by atoms with Crippen LogP contribution in [0.5, 0.6) is 0 Å². The fraction of sp³-hybridized carbons (Fsp3) is 0.417. The van der Waals surface area contributed by atoms with Gasteiger partial charge in [-0.25, -0.2) is 0 Å². The summed E-state index contributed by atoms with van der Waals surface area (Å²) in [5, 5.41) is 11.7. The van der Waals surface area contributed by atoms with Crippen molar-refractivity contribution in [1.82, 2.24) is 5.32 Å². The molecule has 1 atom stereocenters. The number of likely N-dealkylation sites (N-methyl/N-ethyl adjacent to an activating group) is 1. The molecule has 2 N–H and O–H groups in total. The Bertz CT molecular complexity index is 361. The summed E-state index contributed by atoms with van der Waals surface area (Å²) in [5.41, 5.74) is 3.49. The molecular weight excluding hydrogens is 190 g/mol. The van der Waals surface area contributed by atoms with Gasteiger partial charge in [-0.2, -0.15) is 0 Å². The van der Waals surface area contributed by atoms with Gasteiger partial charge in [0.15, 0.2) is 0 Å². The lowest BCUT2D eigenvalue weighted by Gasteiger charge is -2.12. The highest BCUT2D eigenvalue weighted by molar-refractivity contribution is 5.73. The Labute approximate surface area is 90.1 Å². The lowest BCUT2D eigenvalue weighted by Crippen LogP contribution is -2.35. The first-order valence-corrected chi connectivity index (χ1v) is 5.00. The first-order chi connectivity index (χ1) is 7.04. The van der Waals surface area contributed by atoms with Crippen LogP contribution in [-0.2, 0) is 11.2 Å². The number of hydrogen-bond acceptors (Lipinski definition) is 2. The maximum absolute atomic E-state index is 10.8. The summed E-state index contributed by atoms with van der Waals surface area (Å²) >= 11 is 0. The van der Waals surface area contributed by atoms with Gasteiger partial charge in [-0.1, -0.05) is 18.2 Å². The van der Waals surface area contributed by atoms with Crippen LogP contribution in [0.4, 0.5) is 0 Å². The molecule has 0 bridgehead atoms. The molecule has 3 nitrogen and oxygen atoms in total. The van der Waals surface area contributed by atoms with Crippen LogP contribution in [0.2, 0.25) is 0 Å². The molecule has 0 heterocycles. The highest BCUT2D eigenvalue weighted by Gasteiger charge is 2.15. The minimum Gasteiger partial charge on any atom is -0.480 e. The Morgan fingerprint density at radius 3 is 2.53 bits per heavy atom. The van der Waals surface area contributed by atoms with E-state index < -0.39 is 12.0 Å². The second-order valence-electron chi connectivity index (χ2n) is 3.80. The summed E-state index contributed by atoms with van der Waals surface area (Å²) < 4.78 is 0. The molecule has 0 spiro atoms.